The van der Waals surface area contributed by atoms with Gasteiger partial charge in [0.25, 0.3) is 0 Å². The second kappa shape index (κ2) is 6.33. The zero-order valence-electron chi connectivity index (χ0n) is 10.7. The van der Waals surface area contributed by atoms with Crippen LogP contribution in [0.4, 0.5) is 5.69 Å². The highest BCUT2D eigenvalue weighted by Crippen LogP contribution is 2.28. The van der Waals surface area contributed by atoms with Gasteiger partial charge >= 0.3 is 0 Å². The summed E-state index contributed by atoms with van der Waals surface area (Å²) in [6.07, 6.45) is 5.01. The molecular formula is C14H18N2O2. The van der Waals surface area contributed by atoms with Crippen LogP contribution in [0.1, 0.15) is 31.3 Å². The Balaban J connectivity index is 2.37. The maximum absolute atomic E-state index is 5.64. The SMILES string of the molecule is CCOC(OCC)c1cccc2c1C=NC=CN2. The first-order valence-electron chi connectivity index (χ1n) is 6.17. The van der Waals surface area contributed by atoms with Gasteiger partial charge in [0.1, 0.15) is 0 Å². The number of anilines is 1. The molecule has 0 saturated carbocycles. The van der Waals surface area contributed by atoms with E-state index in [1.807, 2.05) is 44.5 Å². The number of ether oxygens (including phenoxy) is 2. The van der Waals surface area contributed by atoms with Gasteiger partial charge in [-0.05, 0) is 19.9 Å². The van der Waals surface area contributed by atoms with Crippen molar-refractivity contribution in [1.29, 1.82) is 0 Å². The van der Waals surface area contributed by atoms with Crippen molar-refractivity contribution >= 4 is 11.9 Å². The summed E-state index contributed by atoms with van der Waals surface area (Å²) < 4.78 is 11.3. The molecule has 0 fully saturated rings. The number of benzene rings is 1. The third-order valence-electron chi connectivity index (χ3n) is 2.63. The summed E-state index contributed by atoms with van der Waals surface area (Å²) in [4.78, 5) is 4.20. The number of nitrogens with zero attached hydrogens (tertiary/aromatic N) is 1. The Morgan fingerprint density at radius 1 is 1.22 bits per heavy atom. The summed E-state index contributed by atoms with van der Waals surface area (Å²) in [7, 11) is 0. The van der Waals surface area contributed by atoms with Gasteiger partial charge in [0.15, 0.2) is 6.29 Å². The number of rotatable bonds is 5. The molecule has 96 valence electrons. The van der Waals surface area contributed by atoms with Gasteiger partial charge in [-0.3, -0.25) is 4.99 Å². The highest BCUT2D eigenvalue weighted by molar-refractivity contribution is 5.91. The van der Waals surface area contributed by atoms with E-state index in [4.69, 9.17) is 9.47 Å². The van der Waals surface area contributed by atoms with Crippen LogP contribution in [-0.4, -0.2) is 19.4 Å². The maximum atomic E-state index is 5.64. The zero-order valence-corrected chi connectivity index (χ0v) is 10.7. The average molecular weight is 246 g/mol. The Bertz CT molecular complexity index is 449. The molecule has 1 aromatic carbocycles. The summed E-state index contributed by atoms with van der Waals surface area (Å²) >= 11 is 0. The molecule has 0 aliphatic carbocycles. The van der Waals surface area contributed by atoms with E-state index >= 15 is 0 Å². The van der Waals surface area contributed by atoms with Crippen LogP contribution in [0, 0.1) is 0 Å². The lowest BCUT2D eigenvalue weighted by atomic mass is 10.1. The van der Waals surface area contributed by atoms with Crippen LogP contribution in [0.25, 0.3) is 0 Å². The first kappa shape index (κ1) is 12.8. The number of aliphatic imine (C=N–C) groups is 1. The molecule has 0 radical (unpaired) electrons. The number of hydrogen-bond acceptors (Lipinski definition) is 4. The molecule has 0 aromatic heterocycles. The van der Waals surface area contributed by atoms with Crippen molar-refractivity contribution in [2.45, 2.75) is 20.1 Å². The fourth-order valence-corrected chi connectivity index (χ4v) is 1.88. The Hall–Kier alpha value is -1.65. The minimum absolute atomic E-state index is 0.346. The smallest absolute Gasteiger partial charge is 0.184 e. The first-order chi connectivity index (χ1) is 8.86. The van der Waals surface area contributed by atoms with Crippen molar-refractivity contribution in [3.63, 3.8) is 0 Å². The molecular weight excluding hydrogens is 228 g/mol. The van der Waals surface area contributed by atoms with E-state index in [1.165, 1.54) is 0 Å². The molecule has 4 nitrogen and oxygen atoms in total. The lowest BCUT2D eigenvalue weighted by molar-refractivity contribution is -0.140. The van der Waals surface area contributed by atoms with Crippen LogP contribution in [0.15, 0.2) is 35.6 Å². The van der Waals surface area contributed by atoms with Crippen LogP contribution in [0.5, 0.6) is 0 Å². The number of fused-ring (bicyclic) bond motifs is 1. The van der Waals surface area contributed by atoms with Gasteiger partial charge in [0, 0.05) is 48.6 Å². The number of hydrogen-bond donors (Lipinski definition) is 1. The van der Waals surface area contributed by atoms with Gasteiger partial charge in [-0.15, -0.1) is 0 Å². The van der Waals surface area contributed by atoms with Crippen LogP contribution in [0.2, 0.25) is 0 Å². The summed E-state index contributed by atoms with van der Waals surface area (Å²) in [6, 6.07) is 6.00. The molecule has 0 saturated heterocycles. The van der Waals surface area contributed by atoms with Gasteiger partial charge < -0.3 is 14.8 Å². The van der Waals surface area contributed by atoms with Crippen molar-refractivity contribution in [1.82, 2.24) is 0 Å². The molecule has 1 N–H and O–H groups in total. The molecule has 0 atom stereocenters. The third kappa shape index (κ3) is 2.78. The fourth-order valence-electron chi connectivity index (χ4n) is 1.88. The molecule has 4 heteroatoms. The van der Waals surface area contributed by atoms with Crippen molar-refractivity contribution in [2.24, 2.45) is 4.99 Å². The molecule has 18 heavy (non-hydrogen) atoms. The zero-order chi connectivity index (χ0) is 12.8. The summed E-state index contributed by atoms with van der Waals surface area (Å²) in [5, 5.41) is 3.19. The predicted octanol–water partition coefficient (Wildman–Crippen LogP) is 3.07. The maximum Gasteiger partial charge on any atom is 0.184 e. The number of nitrogens with one attached hydrogen (secondary N) is 1. The first-order valence-corrected chi connectivity index (χ1v) is 6.17. The molecule has 1 aliphatic heterocycles. The highest BCUT2D eigenvalue weighted by atomic mass is 16.7. The van der Waals surface area contributed by atoms with Crippen molar-refractivity contribution in [3.8, 4) is 0 Å². The Kier molecular flexibility index (Phi) is 4.50. The van der Waals surface area contributed by atoms with E-state index in [9.17, 15) is 0 Å². The van der Waals surface area contributed by atoms with E-state index in [0.717, 1.165) is 16.8 Å². The Labute approximate surface area is 107 Å². The van der Waals surface area contributed by atoms with Crippen molar-refractivity contribution in [2.75, 3.05) is 18.5 Å². The highest BCUT2D eigenvalue weighted by Gasteiger charge is 2.17. The third-order valence-corrected chi connectivity index (χ3v) is 2.63. The van der Waals surface area contributed by atoms with E-state index in [2.05, 4.69) is 10.3 Å². The van der Waals surface area contributed by atoms with Crippen molar-refractivity contribution in [3.05, 3.63) is 41.7 Å². The Morgan fingerprint density at radius 2 is 2.00 bits per heavy atom. The normalized spacial score (nSPS) is 13.3. The minimum atomic E-state index is -0.346. The van der Waals surface area contributed by atoms with Gasteiger partial charge in [0.2, 0.25) is 0 Å². The van der Waals surface area contributed by atoms with Gasteiger partial charge in [-0.1, -0.05) is 12.1 Å². The van der Waals surface area contributed by atoms with Gasteiger partial charge in [0.05, 0.1) is 0 Å². The molecule has 1 aliphatic rings. The predicted molar refractivity (Wildman–Crippen MR) is 72.8 cm³/mol. The topological polar surface area (TPSA) is 42.9 Å². The molecule has 2 rings (SSSR count). The molecule has 0 spiro atoms. The second-order valence-corrected chi connectivity index (χ2v) is 3.79. The Morgan fingerprint density at radius 3 is 2.72 bits per heavy atom. The average Bonchev–Trinajstić information content (AvgIpc) is 2.63. The van der Waals surface area contributed by atoms with Crippen LogP contribution in [0.3, 0.4) is 0 Å². The quantitative estimate of drug-likeness (QED) is 0.812. The van der Waals surface area contributed by atoms with E-state index < -0.39 is 0 Å². The van der Waals surface area contributed by atoms with Crippen molar-refractivity contribution < 1.29 is 9.47 Å². The van der Waals surface area contributed by atoms with E-state index in [0.29, 0.717) is 13.2 Å². The molecule has 1 heterocycles. The molecule has 1 aromatic rings. The van der Waals surface area contributed by atoms with Gasteiger partial charge in [-0.25, -0.2) is 0 Å². The second-order valence-electron chi connectivity index (χ2n) is 3.79. The van der Waals surface area contributed by atoms with Crippen LogP contribution >= 0.6 is 0 Å². The minimum Gasteiger partial charge on any atom is -0.360 e. The molecule has 0 unspecified atom stereocenters. The summed E-state index contributed by atoms with van der Waals surface area (Å²) in [5.74, 6) is 0. The van der Waals surface area contributed by atoms with Crippen LogP contribution < -0.4 is 5.32 Å². The fraction of sp³-hybridized carbons (Fsp3) is 0.357. The van der Waals surface area contributed by atoms with Crippen LogP contribution in [-0.2, 0) is 9.47 Å². The monoisotopic (exact) mass is 246 g/mol. The lowest BCUT2D eigenvalue weighted by Gasteiger charge is -2.20. The lowest BCUT2D eigenvalue weighted by Crippen LogP contribution is -2.12. The summed E-state index contributed by atoms with van der Waals surface area (Å²) in [5.41, 5.74) is 3.01. The molecule has 0 bridgehead atoms. The molecule has 0 amide bonds. The summed E-state index contributed by atoms with van der Waals surface area (Å²) in [6.45, 7) is 5.14. The largest absolute Gasteiger partial charge is 0.360 e. The standard InChI is InChI=1S/C14H18N2O2/c1-3-17-14(18-4-2)11-6-5-7-13-12(11)10-15-8-9-16-13/h5-10,14,16H,3-4H2,1-2H3. The van der Waals surface area contributed by atoms with E-state index in [1.54, 1.807) is 6.20 Å². The van der Waals surface area contributed by atoms with Gasteiger partial charge in [-0.2, -0.15) is 0 Å². The van der Waals surface area contributed by atoms with E-state index in [-0.39, 0.29) is 6.29 Å².